The van der Waals surface area contributed by atoms with E-state index in [1.54, 1.807) is 0 Å². The van der Waals surface area contributed by atoms with Crippen LogP contribution < -0.4 is 0 Å². The fraction of sp³-hybridized carbons (Fsp3) is 0.467. The number of carbonyl (C=O) groups excluding carboxylic acids is 1. The Labute approximate surface area is 132 Å². The Morgan fingerprint density at radius 2 is 2.05 bits per heavy atom. The van der Waals surface area contributed by atoms with Crippen LogP contribution in [0.1, 0.15) is 24.4 Å². The van der Waals surface area contributed by atoms with Crippen LogP contribution in [0.4, 0.5) is 0 Å². The van der Waals surface area contributed by atoms with Crippen LogP contribution in [0.2, 0.25) is 0 Å². The highest BCUT2D eigenvalue weighted by Crippen LogP contribution is 2.28. The number of likely N-dealkylation sites (N-methyl/N-ethyl adjacent to an activating group) is 1. The summed E-state index contributed by atoms with van der Waals surface area (Å²) >= 11 is 3.43. The number of aliphatic carboxylic acids is 1. The Morgan fingerprint density at radius 1 is 1.38 bits per heavy atom. The van der Waals surface area contributed by atoms with E-state index in [1.165, 1.54) is 11.9 Å². The van der Waals surface area contributed by atoms with Gasteiger partial charge in [0.15, 0.2) is 0 Å². The van der Waals surface area contributed by atoms with Crippen LogP contribution in [0.15, 0.2) is 28.7 Å². The fourth-order valence-electron chi connectivity index (χ4n) is 2.68. The SMILES string of the molecule is CN(CC(=O)O)C(=O)C(c1cccc(Br)c1)N1CCCC1. The normalized spacial score (nSPS) is 16.7. The molecule has 2 rings (SSSR count). The lowest BCUT2D eigenvalue weighted by Crippen LogP contribution is -2.42. The summed E-state index contributed by atoms with van der Waals surface area (Å²) in [6.07, 6.45) is 2.14. The van der Waals surface area contributed by atoms with Crippen LogP contribution in [0.3, 0.4) is 0 Å². The Kier molecular flexibility index (Phi) is 5.36. The molecule has 1 aliphatic heterocycles. The minimum Gasteiger partial charge on any atom is -0.480 e. The van der Waals surface area contributed by atoms with Crippen molar-refractivity contribution in [2.45, 2.75) is 18.9 Å². The number of carbonyl (C=O) groups is 2. The molecular formula is C15H19BrN2O3. The predicted octanol–water partition coefficient (Wildman–Crippen LogP) is 2.13. The van der Waals surface area contributed by atoms with E-state index in [9.17, 15) is 9.59 Å². The van der Waals surface area contributed by atoms with Crippen LogP contribution in [-0.2, 0) is 9.59 Å². The molecule has 0 aliphatic carbocycles. The van der Waals surface area contributed by atoms with Crippen molar-refractivity contribution >= 4 is 27.8 Å². The molecule has 1 fully saturated rings. The third-order valence-electron chi connectivity index (χ3n) is 3.65. The lowest BCUT2D eigenvalue weighted by atomic mass is 10.0. The smallest absolute Gasteiger partial charge is 0.323 e. The van der Waals surface area contributed by atoms with Gasteiger partial charge < -0.3 is 10.0 Å². The molecule has 5 nitrogen and oxygen atoms in total. The van der Waals surface area contributed by atoms with Crippen LogP contribution in [0, 0.1) is 0 Å². The summed E-state index contributed by atoms with van der Waals surface area (Å²) in [7, 11) is 1.54. The molecular weight excluding hydrogens is 336 g/mol. The highest BCUT2D eigenvalue weighted by Gasteiger charge is 2.32. The van der Waals surface area contributed by atoms with Gasteiger partial charge in [-0.15, -0.1) is 0 Å². The maximum Gasteiger partial charge on any atom is 0.323 e. The van der Waals surface area contributed by atoms with Crippen LogP contribution in [0.25, 0.3) is 0 Å². The second-order valence-corrected chi connectivity index (χ2v) is 6.20. The maximum atomic E-state index is 12.7. The monoisotopic (exact) mass is 354 g/mol. The topological polar surface area (TPSA) is 60.9 Å². The quantitative estimate of drug-likeness (QED) is 0.879. The van der Waals surface area contributed by atoms with Gasteiger partial charge in [-0.2, -0.15) is 0 Å². The van der Waals surface area contributed by atoms with Gasteiger partial charge in [-0.05, 0) is 43.6 Å². The predicted molar refractivity (Wildman–Crippen MR) is 83.0 cm³/mol. The second-order valence-electron chi connectivity index (χ2n) is 5.29. The van der Waals surface area contributed by atoms with Crippen molar-refractivity contribution in [1.29, 1.82) is 0 Å². The number of carboxylic acid groups (broad SMARTS) is 1. The van der Waals surface area contributed by atoms with Gasteiger partial charge in [0.2, 0.25) is 5.91 Å². The first-order valence-electron chi connectivity index (χ1n) is 6.95. The number of hydrogen-bond acceptors (Lipinski definition) is 3. The molecule has 1 atom stereocenters. The van der Waals surface area contributed by atoms with Gasteiger partial charge in [-0.25, -0.2) is 0 Å². The average Bonchev–Trinajstić information content (AvgIpc) is 2.92. The molecule has 0 aromatic heterocycles. The van der Waals surface area contributed by atoms with Crippen LogP contribution in [0.5, 0.6) is 0 Å². The first-order valence-corrected chi connectivity index (χ1v) is 7.74. The third kappa shape index (κ3) is 4.04. The van der Waals surface area contributed by atoms with Gasteiger partial charge in [0.25, 0.3) is 0 Å². The standard InChI is InChI=1S/C15H19BrN2O3/c1-17(10-13(19)20)15(21)14(18-7-2-3-8-18)11-5-4-6-12(16)9-11/h4-6,9,14H,2-3,7-8,10H2,1H3,(H,19,20). The molecule has 0 spiro atoms. The van der Waals surface area contributed by atoms with E-state index < -0.39 is 12.0 Å². The summed E-state index contributed by atoms with van der Waals surface area (Å²) in [5.41, 5.74) is 0.897. The van der Waals surface area contributed by atoms with Gasteiger partial charge in [-0.1, -0.05) is 28.1 Å². The molecule has 0 radical (unpaired) electrons. The molecule has 1 aliphatic rings. The zero-order chi connectivity index (χ0) is 15.4. The Morgan fingerprint density at radius 3 is 2.62 bits per heavy atom. The lowest BCUT2D eigenvalue weighted by Gasteiger charge is -2.30. The average molecular weight is 355 g/mol. The van der Waals surface area contributed by atoms with Crippen molar-refractivity contribution in [3.05, 3.63) is 34.3 Å². The zero-order valence-electron chi connectivity index (χ0n) is 12.0. The molecule has 1 heterocycles. The van der Waals surface area contributed by atoms with E-state index >= 15 is 0 Å². The van der Waals surface area contributed by atoms with E-state index in [1.807, 2.05) is 24.3 Å². The van der Waals surface area contributed by atoms with E-state index in [2.05, 4.69) is 20.8 Å². The number of carboxylic acids is 1. The van der Waals surface area contributed by atoms with E-state index in [4.69, 9.17) is 5.11 Å². The molecule has 0 bridgehead atoms. The molecule has 0 saturated carbocycles. The van der Waals surface area contributed by atoms with Gasteiger partial charge in [-0.3, -0.25) is 14.5 Å². The van der Waals surface area contributed by atoms with Crippen LogP contribution >= 0.6 is 15.9 Å². The summed E-state index contributed by atoms with van der Waals surface area (Å²) in [4.78, 5) is 26.9. The first-order chi connectivity index (χ1) is 9.99. The Bertz CT molecular complexity index is 529. The van der Waals surface area contributed by atoms with Crippen molar-refractivity contribution in [1.82, 2.24) is 9.80 Å². The number of halogens is 1. The van der Waals surface area contributed by atoms with Gasteiger partial charge in [0.05, 0.1) is 0 Å². The van der Waals surface area contributed by atoms with Gasteiger partial charge in [0, 0.05) is 11.5 Å². The Balaban J connectivity index is 2.27. The van der Waals surface area contributed by atoms with E-state index in [-0.39, 0.29) is 12.5 Å². The first kappa shape index (κ1) is 16.0. The summed E-state index contributed by atoms with van der Waals surface area (Å²) in [6.45, 7) is 1.45. The molecule has 1 N–H and O–H groups in total. The molecule has 1 amide bonds. The molecule has 1 aromatic rings. The number of likely N-dealkylation sites (tertiary alicyclic amines) is 1. The lowest BCUT2D eigenvalue weighted by molar-refractivity contribution is -0.145. The molecule has 6 heteroatoms. The molecule has 1 saturated heterocycles. The van der Waals surface area contributed by atoms with Crippen molar-refractivity contribution in [2.24, 2.45) is 0 Å². The summed E-state index contributed by atoms with van der Waals surface area (Å²) in [5.74, 6) is -1.17. The Hall–Kier alpha value is -1.40. The highest BCUT2D eigenvalue weighted by atomic mass is 79.9. The molecule has 1 aromatic carbocycles. The number of hydrogen-bond donors (Lipinski definition) is 1. The van der Waals surface area contributed by atoms with Gasteiger partial charge >= 0.3 is 5.97 Å². The molecule has 1 unspecified atom stereocenters. The second kappa shape index (κ2) is 7.04. The van der Waals surface area contributed by atoms with Crippen molar-refractivity contribution in [3.8, 4) is 0 Å². The van der Waals surface area contributed by atoms with Crippen molar-refractivity contribution < 1.29 is 14.7 Å². The number of nitrogens with zero attached hydrogens (tertiary/aromatic N) is 2. The number of benzene rings is 1. The molecule has 21 heavy (non-hydrogen) atoms. The summed E-state index contributed by atoms with van der Waals surface area (Å²) < 4.78 is 0.915. The fourth-order valence-corrected chi connectivity index (χ4v) is 3.09. The zero-order valence-corrected chi connectivity index (χ0v) is 13.5. The van der Waals surface area contributed by atoms with E-state index in [0.717, 1.165) is 36.0 Å². The molecule has 114 valence electrons. The summed E-state index contributed by atoms with van der Waals surface area (Å²) in [6, 6.07) is 7.24. The van der Waals surface area contributed by atoms with Gasteiger partial charge in [0.1, 0.15) is 12.6 Å². The van der Waals surface area contributed by atoms with Crippen LogP contribution in [-0.4, -0.2) is 53.5 Å². The third-order valence-corrected chi connectivity index (χ3v) is 4.15. The summed E-state index contributed by atoms with van der Waals surface area (Å²) in [5, 5.41) is 8.88. The minimum absolute atomic E-state index is 0.169. The van der Waals surface area contributed by atoms with Crippen molar-refractivity contribution in [3.63, 3.8) is 0 Å². The number of rotatable bonds is 5. The van der Waals surface area contributed by atoms with Crippen molar-refractivity contribution in [2.75, 3.05) is 26.7 Å². The maximum absolute atomic E-state index is 12.7. The van der Waals surface area contributed by atoms with E-state index in [0.29, 0.717) is 0 Å². The minimum atomic E-state index is -1.000. The number of amides is 1. The largest absolute Gasteiger partial charge is 0.480 e. The highest BCUT2D eigenvalue weighted by molar-refractivity contribution is 9.10.